The molecule has 1 N–H and O–H groups in total. The molecule has 27 heavy (non-hydrogen) atoms. The monoisotopic (exact) mass is 370 g/mol. The zero-order valence-corrected chi connectivity index (χ0v) is 16.0. The van der Waals surface area contributed by atoms with Gasteiger partial charge < -0.3 is 14.8 Å². The lowest BCUT2D eigenvalue weighted by atomic mass is 9.72. The first-order valence-corrected chi connectivity index (χ1v) is 9.71. The van der Waals surface area contributed by atoms with Crippen LogP contribution in [0.3, 0.4) is 0 Å². The Morgan fingerprint density at radius 3 is 2.96 bits per heavy atom. The number of nitrogens with zero attached hydrogens (tertiary/aromatic N) is 1. The van der Waals surface area contributed by atoms with Crippen molar-refractivity contribution in [3.05, 3.63) is 35.4 Å². The fourth-order valence-corrected chi connectivity index (χ4v) is 5.81. The van der Waals surface area contributed by atoms with E-state index in [0.717, 1.165) is 30.6 Å². The third kappa shape index (κ3) is 2.15. The zero-order valence-electron chi connectivity index (χ0n) is 16.0. The number of rotatable bonds is 2. The average molecular weight is 370 g/mol. The van der Waals surface area contributed by atoms with Gasteiger partial charge in [-0.3, -0.25) is 9.63 Å². The molecule has 1 aliphatic carbocycles. The Hall–Kier alpha value is -1.89. The molecule has 4 aliphatic heterocycles. The van der Waals surface area contributed by atoms with Gasteiger partial charge in [0.2, 0.25) is 0 Å². The number of amides is 1. The summed E-state index contributed by atoms with van der Waals surface area (Å²) < 4.78 is 11.7. The van der Waals surface area contributed by atoms with E-state index >= 15 is 0 Å². The van der Waals surface area contributed by atoms with Crippen LogP contribution in [0.15, 0.2) is 29.8 Å². The topological polar surface area (TPSA) is 60.0 Å². The van der Waals surface area contributed by atoms with Crippen molar-refractivity contribution >= 4 is 11.6 Å². The van der Waals surface area contributed by atoms with E-state index in [-0.39, 0.29) is 18.1 Å². The van der Waals surface area contributed by atoms with Crippen LogP contribution in [0.2, 0.25) is 0 Å². The molecule has 4 fully saturated rings. The van der Waals surface area contributed by atoms with E-state index in [1.54, 1.807) is 14.2 Å². The number of ether oxygens (including phenoxy) is 2. The number of hydroxylamine groups is 1. The van der Waals surface area contributed by atoms with E-state index in [0.29, 0.717) is 24.2 Å². The SMILES string of the molecule is C/C=C1\CN[C@H]2C[C@@]3(C(=O)N(OC)c4cc(OC)ccc43)[C@H]3C[C@@H]1[C@@H]2CO3. The molecule has 0 aromatic heterocycles. The van der Waals surface area contributed by atoms with Crippen molar-refractivity contribution in [2.45, 2.75) is 37.3 Å². The number of nitrogens with one attached hydrogen (secondary N) is 1. The second-order valence-corrected chi connectivity index (χ2v) is 8.02. The number of carbonyl (C=O) groups is 1. The maximum atomic E-state index is 13.7. The van der Waals surface area contributed by atoms with Crippen LogP contribution < -0.4 is 15.1 Å². The van der Waals surface area contributed by atoms with Crippen molar-refractivity contribution in [2.75, 3.05) is 32.4 Å². The number of fused-ring (bicyclic) bond motifs is 2. The summed E-state index contributed by atoms with van der Waals surface area (Å²) in [5.74, 6) is 1.61. The first kappa shape index (κ1) is 17.2. The molecule has 3 saturated heterocycles. The smallest absolute Gasteiger partial charge is 0.264 e. The van der Waals surface area contributed by atoms with Crippen molar-refractivity contribution in [3.63, 3.8) is 0 Å². The summed E-state index contributed by atoms with van der Waals surface area (Å²) in [6, 6.07) is 6.11. The summed E-state index contributed by atoms with van der Waals surface area (Å²) in [6.07, 6.45) is 3.72. The normalized spacial score (nSPS) is 38.4. The lowest BCUT2D eigenvalue weighted by Gasteiger charge is -2.42. The van der Waals surface area contributed by atoms with Crippen molar-refractivity contribution in [2.24, 2.45) is 11.8 Å². The molecule has 1 aromatic rings. The van der Waals surface area contributed by atoms with E-state index in [1.807, 2.05) is 18.2 Å². The second-order valence-electron chi connectivity index (χ2n) is 8.02. The van der Waals surface area contributed by atoms with Crippen LogP contribution in [0.4, 0.5) is 5.69 Å². The molecule has 4 bridgehead atoms. The number of benzene rings is 1. The van der Waals surface area contributed by atoms with Crippen LogP contribution >= 0.6 is 0 Å². The van der Waals surface area contributed by atoms with Gasteiger partial charge in [0.05, 0.1) is 32.6 Å². The molecule has 5 aliphatic rings. The molecule has 0 unspecified atom stereocenters. The van der Waals surface area contributed by atoms with Gasteiger partial charge in [0.15, 0.2) is 0 Å². The van der Waals surface area contributed by atoms with Crippen molar-refractivity contribution in [1.29, 1.82) is 0 Å². The fraction of sp³-hybridized carbons (Fsp3) is 0.571. The largest absolute Gasteiger partial charge is 0.497 e. The van der Waals surface area contributed by atoms with Crippen LogP contribution in [0.25, 0.3) is 0 Å². The summed E-state index contributed by atoms with van der Waals surface area (Å²) in [4.78, 5) is 19.2. The first-order chi connectivity index (χ1) is 13.1. The molecule has 1 aromatic carbocycles. The van der Waals surface area contributed by atoms with Crippen molar-refractivity contribution in [3.8, 4) is 5.75 Å². The molecule has 0 radical (unpaired) electrons. The number of hydrogen-bond donors (Lipinski definition) is 1. The molecular formula is C21H26N2O4. The van der Waals surface area contributed by atoms with Gasteiger partial charge in [0.1, 0.15) is 11.2 Å². The van der Waals surface area contributed by atoms with Crippen molar-refractivity contribution in [1.82, 2.24) is 5.32 Å². The number of carbonyl (C=O) groups excluding carboxylic acids is 1. The summed E-state index contributed by atoms with van der Waals surface area (Å²) in [6.45, 7) is 3.72. The minimum atomic E-state index is -0.706. The van der Waals surface area contributed by atoms with E-state index in [1.165, 1.54) is 10.6 Å². The Balaban J connectivity index is 1.67. The Kier molecular flexibility index (Phi) is 3.86. The average Bonchev–Trinajstić information content (AvgIpc) is 2.80. The van der Waals surface area contributed by atoms with Crippen LogP contribution in [0.1, 0.15) is 25.3 Å². The molecule has 6 rings (SSSR count). The number of anilines is 1. The zero-order chi connectivity index (χ0) is 18.8. The van der Waals surface area contributed by atoms with Gasteiger partial charge >= 0.3 is 0 Å². The molecule has 6 nitrogen and oxygen atoms in total. The highest BCUT2D eigenvalue weighted by Gasteiger charge is 2.63. The lowest BCUT2D eigenvalue weighted by Crippen LogP contribution is -2.50. The van der Waals surface area contributed by atoms with Crippen LogP contribution in [-0.4, -0.2) is 45.4 Å². The summed E-state index contributed by atoms with van der Waals surface area (Å²) in [5.41, 5.74) is 2.52. The molecule has 6 heteroatoms. The summed E-state index contributed by atoms with van der Waals surface area (Å²) in [7, 11) is 3.18. The van der Waals surface area contributed by atoms with Gasteiger partial charge in [0.25, 0.3) is 5.91 Å². The van der Waals surface area contributed by atoms with Crippen molar-refractivity contribution < 1.29 is 19.1 Å². The molecule has 1 spiro atoms. The summed E-state index contributed by atoms with van der Waals surface area (Å²) in [5, 5.41) is 5.12. The third-order valence-corrected chi connectivity index (χ3v) is 7.15. The Morgan fingerprint density at radius 2 is 2.22 bits per heavy atom. The number of piperidine rings is 1. The predicted octanol–water partition coefficient (Wildman–Crippen LogP) is 2.18. The van der Waals surface area contributed by atoms with E-state index in [4.69, 9.17) is 14.3 Å². The molecule has 1 amide bonds. The molecule has 4 heterocycles. The quantitative estimate of drug-likeness (QED) is 0.809. The molecule has 1 saturated carbocycles. The predicted molar refractivity (Wildman–Crippen MR) is 101 cm³/mol. The Morgan fingerprint density at radius 1 is 1.37 bits per heavy atom. The second kappa shape index (κ2) is 6.06. The highest BCUT2D eigenvalue weighted by Crippen LogP contribution is 2.56. The summed E-state index contributed by atoms with van der Waals surface area (Å²) >= 11 is 0. The highest BCUT2D eigenvalue weighted by atomic mass is 16.7. The third-order valence-electron chi connectivity index (χ3n) is 7.15. The molecule has 5 atom stereocenters. The standard InChI is InChI=1S/C21H26N2O4/c1-4-12-10-22-17-9-21(19-8-14(12)15(17)11-27-19)16-6-5-13(25-2)7-18(16)23(26-3)20(21)24/h4-7,14-15,17,19,22H,8-11H2,1-3H3/b12-4+/t14-,15-,17-,19+,21-/m0/s1. The highest BCUT2D eigenvalue weighted by molar-refractivity contribution is 6.07. The Labute approximate surface area is 159 Å². The van der Waals surface area contributed by atoms with Crippen LogP contribution in [0, 0.1) is 11.8 Å². The fourth-order valence-electron chi connectivity index (χ4n) is 5.81. The van der Waals surface area contributed by atoms with Gasteiger partial charge in [-0.05, 0) is 37.3 Å². The van der Waals surface area contributed by atoms with Gasteiger partial charge in [-0.15, -0.1) is 0 Å². The maximum Gasteiger partial charge on any atom is 0.264 e. The maximum absolute atomic E-state index is 13.7. The van der Waals surface area contributed by atoms with E-state index < -0.39 is 5.41 Å². The van der Waals surface area contributed by atoms with E-state index in [2.05, 4.69) is 18.3 Å². The lowest BCUT2D eigenvalue weighted by molar-refractivity contribution is -0.137. The number of allylic oxidation sites excluding steroid dienone is 1. The minimum Gasteiger partial charge on any atom is -0.497 e. The Bertz CT molecular complexity index is 822. The van der Waals surface area contributed by atoms with Crippen LogP contribution in [0.5, 0.6) is 5.75 Å². The van der Waals surface area contributed by atoms with Crippen LogP contribution in [-0.2, 0) is 19.8 Å². The first-order valence-electron chi connectivity index (χ1n) is 9.71. The number of hydrogen-bond acceptors (Lipinski definition) is 5. The molecule has 144 valence electrons. The van der Waals surface area contributed by atoms with Gasteiger partial charge in [-0.25, -0.2) is 0 Å². The van der Waals surface area contributed by atoms with Gasteiger partial charge in [-0.1, -0.05) is 17.7 Å². The van der Waals surface area contributed by atoms with Gasteiger partial charge in [-0.2, -0.15) is 5.06 Å². The van der Waals surface area contributed by atoms with Gasteiger partial charge in [0, 0.05) is 24.6 Å². The minimum absolute atomic E-state index is 0.0183. The number of methoxy groups -OCH3 is 1. The molecular weight excluding hydrogens is 344 g/mol. The van der Waals surface area contributed by atoms with E-state index in [9.17, 15) is 4.79 Å².